The predicted octanol–water partition coefficient (Wildman–Crippen LogP) is 2.15. The van der Waals surface area contributed by atoms with E-state index in [1.165, 1.54) is 0 Å². The average molecular weight is 208 g/mol. The Labute approximate surface area is 91.3 Å². The van der Waals surface area contributed by atoms with Crippen molar-refractivity contribution >= 4 is 11.4 Å². The third kappa shape index (κ3) is 2.86. The van der Waals surface area contributed by atoms with E-state index in [4.69, 9.17) is 5.73 Å². The van der Waals surface area contributed by atoms with Crippen molar-refractivity contribution in [2.24, 2.45) is 0 Å². The van der Waals surface area contributed by atoms with Gasteiger partial charge in [-0.25, -0.2) is 0 Å². The van der Waals surface area contributed by atoms with E-state index in [0.717, 1.165) is 23.4 Å². The van der Waals surface area contributed by atoms with Crippen LogP contribution in [0.1, 0.15) is 25.8 Å². The van der Waals surface area contributed by atoms with Gasteiger partial charge in [0.05, 0.1) is 23.5 Å². The monoisotopic (exact) mass is 208 g/mol. The quantitative estimate of drug-likeness (QED) is 0.664. The highest BCUT2D eigenvalue weighted by molar-refractivity contribution is 5.67. The van der Waals surface area contributed by atoms with Crippen LogP contribution in [0.3, 0.4) is 0 Å². The van der Waals surface area contributed by atoms with Crippen LogP contribution in [-0.2, 0) is 0 Å². The van der Waals surface area contributed by atoms with Crippen molar-refractivity contribution in [3.63, 3.8) is 0 Å². The molecule has 4 N–H and O–H groups in total. The molecule has 15 heavy (non-hydrogen) atoms. The average Bonchev–Trinajstić information content (AvgIpc) is 2.22. The summed E-state index contributed by atoms with van der Waals surface area (Å²) >= 11 is 0. The molecule has 0 saturated heterocycles. The normalized spacial score (nSPS) is 14.7. The minimum atomic E-state index is -0.302. The fourth-order valence-corrected chi connectivity index (χ4v) is 1.36. The fourth-order valence-electron chi connectivity index (χ4n) is 1.36. The van der Waals surface area contributed by atoms with Crippen LogP contribution in [0.2, 0.25) is 0 Å². The SMILES string of the molecule is CCC(C)(CO)Nc1ccc(C)cc1N. The first kappa shape index (κ1) is 11.9. The van der Waals surface area contributed by atoms with Crippen molar-refractivity contribution in [1.82, 2.24) is 0 Å². The molecule has 1 atom stereocenters. The molecular weight excluding hydrogens is 188 g/mol. The standard InChI is InChI=1S/C12H20N2O/c1-4-12(3,8-15)14-11-6-5-9(2)7-10(11)13/h5-7,14-15H,4,8,13H2,1-3H3. The lowest BCUT2D eigenvalue weighted by Gasteiger charge is -2.29. The molecule has 3 nitrogen and oxygen atoms in total. The van der Waals surface area contributed by atoms with Gasteiger partial charge in [0.15, 0.2) is 0 Å². The summed E-state index contributed by atoms with van der Waals surface area (Å²) in [6.45, 7) is 6.11. The van der Waals surface area contributed by atoms with Crippen molar-refractivity contribution in [2.75, 3.05) is 17.7 Å². The number of anilines is 2. The molecule has 0 aliphatic rings. The third-order valence-corrected chi connectivity index (χ3v) is 2.77. The molecule has 84 valence electrons. The molecule has 0 fully saturated rings. The Morgan fingerprint density at radius 3 is 2.60 bits per heavy atom. The molecule has 1 rings (SSSR count). The van der Waals surface area contributed by atoms with E-state index in [1.807, 2.05) is 39.0 Å². The molecule has 0 aliphatic heterocycles. The second-order valence-corrected chi connectivity index (χ2v) is 4.29. The Hall–Kier alpha value is -1.22. The molecule has 0 radical (unpaired) electrons. The fraction of sp³-hybridized carbons (Fsp3) is 0.500. The van der Waals surface area contributed by atoms with Gasteiger partial charge in [0, 0.05) is 0 Å². The van der Waals surface area contributed by atoms with Crippen molar-refractivity contribution < 1.29 is 5.11 Å². The van der Waals surface area contributed by atoms with Gasteiger partial charge >= 0.3 is 0 Å². The van der Waals surface area contributed by atoms with E-state index in [-0.39, 0.29) is 12.1 Å². The number of aliphatic hydroxyl groups is 1. The first-order chi connectivity index (χ1) is 7.00. The molecule has 0 heterocycles. The first-order valence-corrected chi connectivity index (χ1v) is 5.26. The second kappa shape index (κ2) is 4.53. The minimum absolute atomic E-state index is 0.0941. The van der Waals surface area contributed by atoms with Gasteiger partial charge in [0.2, 0.25) is 0 Å². The number of rotatable bonds is 4. The molecule has 0 spiro atoms. The molecule has 0 bridgehead atoms. The number of aryl methyl sites for hydroxylation is 1. The molecule has 1 unspecified atom stereocenters. The lowest BCUT2D eigenvalue weighted by molar-refractivity contribution is 0.219. The van der Waals surface area contributed by atoms with E-state index in [2.05, 4.69) is 5.32 Å². The topological polar surface area (TPSA) is 58.3 Å². The van der Waals surface area contributed by atoms with Crippen molar-refractivity contribution in [1.29, 1.82) is 0 Å². The number of nitrogen functional groups attached to an aromatic ring is 1. The summed E-state index contributed by atoms with van der Waals surface area (Å²) in [7, 11) is 0. The van der Waals surface area contributed by atoms with E-state index in [1.54, 1.807) is 0 Å². The van der Waals surface area contributed by atoms with Crippen LogP contribution in [0.15, 0.2) is 18.2 Å². The Balaban J connectivity index is 2.89. The van der Waals surface area contributed by atoms with E-state index in [9.17, 15) is 5.11 Å². The lowest BCUT2D eigenvalue weighted by atomic mass is 9.99. The Morgan fingerprint density at radius 1 is 1.47 bits per heavy atom. The smallest absolute Gasteiger partial charge is 0.0658 e. The van der Waals surface area contributed by atoms with E-state index < -0.39 is 0 Å². The highest BCUT2D eigenvalue weighted by Gasteiger charge is 2.20. The minimum Gasteiger partial charge on any atom is -0.397 e. The van der Waals surface area contributed by atoms with E-state index >= 15 is 0 Å². The maximum absolute atomic E-state index is 9.29. The molecule has 0 saturated carbocycles. The van der Waals surface area contributed by atoms with Gasteiger partial charge in [0.1, 0.15) is 0 Å². The zero-order chi connectivity index (χ0) is 11.5. The van der Waals surface area contributed by atoms with Crippen LogP contribution in [-0.4, -0.2) is 17.3 Å². The summed E-state index contributed by atoms with van der Waals surface area (Å²) in [5, 5.41) is 12.6. The summed E-state index contributed by atoms with van der Waals surface area (Å²) in [5.74, 6) is 0. The van der Waals surface area contributed by atoms with Gasteiger partial charge in [-0.2, -0.15) is 0 Å². The van der Waals surface area contributed by atoms with Crippen LogP contribution in [0.4, 0.5) is 11.4 Å². The maximum Gasteiger partial charge on any atom is 0.0658 e. The Bertz CT molecular complexity index is 332. The van der Waals surface area contributed by atoms with E-state index in [0.29, 0.717) is 0 Å². The number of benzene rings is 1. The Kier molecular flexibility index (Phi) is 3.58. The maximum atomic E-state index is 9.29. The molecule has 1 aromatic rings. The van der Waals surface area contributed by atoms with Gasteiger partial charge in [-0.05, 0) is 38.0 Å². The number of aliphatic hydroxyl groups excluding tert-OH is 1. The van der Waals surface area contributed by atoms with Crippen LogP contribution in [0.5, 0.6) is 0 Å². The zero-order valence-corrected chi connectivity index (χ0v) is 9.67. The largest absolute Gasteiger partial charge is 0.397 e. The van der Waals surface area contributed by atoms with Crippen LogP contribution in [0.25, 0.3) is 0 Å². The number of nitrogens with one attached hydrogen (secondary N) is 1. The van der Waals surface area contributed by atoms with Gasteiger partial charge in [-0.1, -0.05) is 13.0 Å². The number of hydrogen-bond acceptors (Lipinski definition) is 3. The number of hydrogen-bond donors (Lipinski definition) is 3. The molecule has 1 aromatic carbocycles. The molecule has 0 amide bonds. The lowest BCUT2D eigenvalue weighted by Crippen LogP contribution is -2.38. The molecule has 3 heteroatoms. The van der Waals surface area contributed by atoms with Crippen molar-refractivity contribution in [3.05, 3.63) is 23.8 Å². The third-order valence-electron chi connectivity index (χ3n) is 2.77. The second-order valence-electron chi connectivity index (χ2n) is 4.29. The summed E-state index contributed by atoms with van der Waals surface area (Å²) in [5.41, 5.74) is 8.34. The van der Waals surface area contributed by atoms with Crippen molar-refractivity contribution in [2.45, 2.75) is 32.7 Å². The zero-order valence-electron chi connectivity index (χ0n) is 9.67. The number of nitrogens with two attached hydrogens (primary N) is 1. The van der Waals surface area contributed by atoms with Crippen LogP contribution < -0.4 is 11.1 Å². The molecule has 0 aromatic heterocycles. The van der Waals surface area contributed by atoms with Gasteiger partial charge in [-0.15, -0.1) is 0 Å². The first-order valence-electron chi connectivity index (χ1n) is 5.26. The Morgan fingerprint density at radius 2 is 2.13 bits per heavy atom. The summed E-state index contributed by atoms with van der Waals surface area (Å²) in [4.78, 5) is 0. The molecule has 0 aliphatic carbocycles. The predicted molar refractivity (Wildman–Crippen MR) is 65.0 cm³/mol. The summed E-state index contributed by atoms with van der Waals surface area (Å²) < 4.78 is 0. The summed E-state index contributed by atoms with van der Waals surface area (Å²) in [6.07, 6.45) is 0.844. The van der Waals surface area contributed by atoms with Gasteiger partial charge < -0.3 is 16.2 Å². The highest BCUT2D eigenvalue weighted by atomic mass is 16.3. The van der Waals surface area contributed by atoms with Crippen LogP contribution >= 0.6 is 0 Å². The van der Waals surface area contributed by atoms with Crippen molar-refractivity contribution in [3.8, 4) is 0 Å². The van der Waals surface area contributed by atoms with Crippen LogP contribution in [0, 0.1) is 6.92 Å². The highest BCUT2D eigenvalue weighted by Crippen LogP contribution is 2.24. The molecular formula is C12H20N2O. The van der Waals surface area contributed by atoms with Gasteiger partial charge in [0.25, 0.3) is 0 Å². The van der Waals surface area contributed by atoms with Gasteiger partial charge in [-0.3, -0.25) is 0 Å². The summed E-state index contributed by atoms with van der Waals surface area (Å²) in [6, 6.07) is 5.89.